The van der Waals surface area contributed by atoms with Crippen molar-refractivity contribution < 1.29 is 33.3 Å². The summed E-state index contributed by atoms with van der Waals surface area (Å²) in [6, 6.07) is 16.6. The number of Topliss-reactive ketones (excluding diaryl/α,β-unsaturated/α-hetero) is 1. The van der Waals surface area contributed by atoms with Crippen molar-refractivity contribution in [2.45, 2.75) is 24.9 Å². The van der Waals surface area contributed by atoms with Gasteiger partial charge in [0.2, 0.25) is 0 Å². The highest BCUT2D eigenvalue weighted by atomic mass is 19.1. The fraction of sp³-hybridized carbons (Fsp3) is 0.367. The monoisotopic (exact) mass is 525 g/mol. The second kappa shape index (κ2) is 12.5. The molecular weight excluding hydrogens is 492 g/mol. The van der Waals surface area contributed by atoms with Gasteiger partial charge in [-0.25, -0.2) is 8.78 Å². The van der Waals surface area contributed by atoms with Crippen LogP contribution in [-0.4, -0.2) is 60.9 Å². The van der Waals surface area contributed by atoms with E-state index in [1.165, 1.54) is 31.4 Å². The van der Waals surface area contributed by atoms with Crippen LogP contribution in [0.25, 0.3) is 0 Å². The molecule has 202 valence electrons. The maximum absolute atomic E-state index is 13.6. The number of carbonyl (C=O) groups is 1. The highest BCUT2D eigenvalue weighted by molar-refractivity contribution is 5.97. The Kier molecular flexibility index (Phi) is 9.09. The summed E-state index contributed by atoms with van der Waals surface area (Å²) in [4.78, 5) is 14.0. The lowest BCUT2D eigenvalue weighted by Gasteiger charge is -2.42. The van der Waals surface area contributed by atoms with E-state index >= 15 is 0 Å². The molecule has 1 aliphatic rings. The second-order valence-electron chi connectivity index (χ2n) is 9.55. The minimum Gasteiger partial charge on any atom is -0.493 e. The van der Waals surface area contributed by atoms with Gasteiger partial charge in [0.05, 0.1) is 13.7 Å². The van der Waals surface area contributed by atoms with Gasteiger partial charge in [0.25, 0.3) is 0 Å². The minimum absolute atomic E-state index is 0.115. The number of methoxy groups -OCH3 is 1. The van der Waals surface area contributed by atoms with Crippen molar-refractivity contribution in [1.29, 1.82) is 0 Å². The summed E-state index contributed by atoms with van der Waals surface area (Å²) in [7, 11) is 1.50. The first-order valence-corrected chi connectivity index (χ1v) is 12.8. The van der Waals surface area contributed by atoms with Crippen molar-refractivity contribution in [3.8, 4) is 11.5 Å². The van der Waals surface area contributed by atoms with Gasteiger partial charge in [0, 0.05) is 12.1 Å². The maximum Gasteiger partial charge on any atom is 0.188 e. The second-order valence-corrected chi connectivity index (χ2v) is 9.55. The number of halogens is 2. The predicted molar refractivity (Wildman–Crippen MR) is 139 cm³/mol. The molecule has 0 aromatic heterocycles. The standard InChI is InChI=1S/C30H33F2NO5/c1-37-29-19-21(27(35)20-34)3-12-28(29)38-18-2-15-33-16-13-24(14-17-33)30(36,22-4-8-25(31)9-5-22)23-6-10-26(32)11-7-23/h3-12,19,24,34,36H,2,13-18,20H2,1H3. The molecule has 0 bridgehead atoms. The van der Waals surface area contributed by atoms with E-state index in [0.29, 0.717) is 34.8 Å². The molecule has 1 aliphatic heterocycles. The molecule has 3 aromatic rings. The first-order chi connectivity index (χ1) is 18.3. The summed E-state index contributed by atoms with van der Waals surface area (Å²) in [5.41, 5.74) is 0.202. The van der Waals surface area contributed by atoms with Crippen LogP contribution in [0.5, 0.6) is 11.5 Å². The molecular formula is C30H33F2NO5. The highest BCUT2D eigenvalue weighted by Gasteiger charge is 2.41. The number of nitrogens with zero attached hydrogens (tertiary/aromatic N) is 1. The molecule has 1 fully saturated rings. The average Bonchev–Trinajstić information content (AvgIpc) is 2.95. The number of hydrogen-bond acceptors (Lipinski definition) is 6. The Morgan fingerprint density at radius 3 is 2.05 bits per heavy atom. The molecule has 0 amide bonds. The van der Waals surface area contributed by atoms with E-state index in [0.717, 1.165) is 38.9 Å². The fourth-order valence-electron chi connectivity index (χ4n) is 5.14. The number of likely N-dealkylation sites (tertiary alicyclic amines) is 1. The fourth-order valence-corrected chi connectivity index (χ4v) is 5.14. The van der Waals surface area contributed by atoms with Crippen molar-refractivity contribution in [1.82, 2.24) is 4.90 Å². The topological polar surface area (TPSA) is 79.2 Å². The van der Waals surface area contributed by atoms with Crippen molar-refractivity contribution in [2.24, 2.45) is 5.92 Å². The molecule has 0 aliphatic carbocycles. The van der Waals surface area contributed by atoms with Crippen LogP contribution in [0.15, 0.2) is 66.7 Å². The molecule has 4 rings (SSSR count). The Bertz CT molecular complexity index is 1160. The van der Waals surface area contributed by atoms with Crippen LogP contribution >= 0.6 is 0 Å². The third kappa shape index (κ3) is 6.20. The van der Waals surface area contributed by atoms with E-state index in [-0.39, 0.29) is 23.3 Å². The van der Waals surface area contributed by atoms with Gasteiger partial charge in [-0.1, -0.05) is 24.3 Å². The molecule has 0 spiro atoms. The third-order valence-electron chi connectivity index (χ3n) is 7.25. The SMILES string of the molecule is COc1cc(C(=O)CO)ccc1OCCCN1CCC(C(O)(c2ccc(F)cc2)c2ccc(F)cc2)CC1. The quantitative estimate of drug-likeness (QED) is 0.282. The van der Waals surface area contributed by atoms with Gasteiger partial charge in [-0.3, -0.25) is 4.79 Å². The lowest BCUT2D eigenvalue weighted by molar-refractivity contribution is -0.0147. The Morgan fingerprint density at radius 2 is 1.53 bits per heavy atom. The van der Waals surface area contributed by atoms with Crippen molar-refractivity contribution in [2.75, 3.05) is 40.0 Å². The molecule has 0 saturated carbocycles. The van der Waals surface area contributed by atoms with E-state index < -0.39 is 12.2 Å². The molecule has 0 unspecified atom stereocenters. The van der Waals surface area contributed by atoms with E-state index in [1.54, 1.807) is 42.5 Å². The van der Waals surface area contributed by atoms with Crippen LogP contribution in [0.2, 0.25) is 0 Å². The molecule has 6 nitrogen and oxygen atoms in total. The summed E-state index contributed by atoms with van der Waals surface area (Å²) < 4.78 is 38.4. The third-order valence-corrected chi connectivity index (χ3v) is 7.25. The highest BCUT2D eigenvalue weighted by Crippen LogP contribution is 2.42. The van der Waals surface area contributed by atoms with Gasteiger partial charge in [-0.2, -0.15) is 0 Å². The number of aliphatic hydroxyl groups is 2. The molecule has 1 heterocycles. The molecule has 3 aromatic carbocycles. The Morgan fingerprint density at radius 1 is 0.947 bits per heavy atom. The van der Waals surface area contributed by atoms with Crippen molar-refractivity contribution in [3.63, 3.8) is 0 Å². The first-order valence-electron chi connectivity index (χ1n) is 12.8. The summed E-state index contributed by atoms with van der Waals surface area (Å²) >= 11 is 0. The molecule has 8 heteroatoms. The van der Waals surface area contributed by atoms with Gasteiger partial charge in [0.15, 0.2) is 17.3 Å². The normalized spacial score (nSPS) is 14.9. The number of rotatable bonds is 11. The van der Waals surface area contributed by atoms with Crippen LogP contribution in [0.4, 0.5) is 8.78 Å². The van der Waals surface area contributed by atoms with Crippen LogP contribution in [0, 0.1) is 17.6 Å². The van der Waals surface area contributed by atoms with Crippen LogP contribution in [0.3, 0.4) is 0 Å². The van der Waals surface area contributed by atoms with E-state index in [1.807, 2.05) is 0 Å². The number of benzene rings is 3. The van der Waals surface area contributed by atoms with Gasteiger partial charge >= 0.3 is 0 Å². The molecule has 1 saturated heterocycles. The van der Waals surface area contributed by atoms with Crippen LogP contribution in [0.1, 0.15) is 40.7 Å². The molecule has 0 atom stereocenters. The Labute approximate surface area is 221 Å². The number of ketones is 1. The molecule has 0 radical (unpaired) electrons. The molecule has 38 heavy (non-hydrogen) atoms. The summed E-state index contributed by atoms with van der Waals surface area (Å²) in [5, 5.41) is 21.0. The largest absolute Gasteiger partial charge is 0.493 e. The molecule has 2 N–H and O–H groups in total. The van der Waals surface area contributed by atoms with Crippen molar-refractivity contribution >= 4 is 5.78 Å². The Hall–Kier alpha value is -3.33. The average molecular weight is 526 g/mol. The van der Waals surface area contributed by atoms with Gasteiger partial charge in [-0.05, 0) is 91.9 Å². The lowest BCUT2D eigenvalue weighted by atomic mass is 9.72. The summed E-state index contributed by atoms with van der Waals surface area (Å²) in [6.07, 6.45) is 2.21. The van der Waals surface area contributed by atoms with Crippen LogP contribution in [-0.2, 0) is 5.60 Å². The van der Waals surface area contributed by atoms with Gasteiger partial charge in [-0.15, -0.1) is 0 Å². The van der Waals surface area contributed by atoms with Crippen molar-refractivity contribution in [3.05, 3.63) is 95.1 Å². The van der Waals surface area contributed by atoms with E-state index in [9.17, 15) is 18.7 Å². The van der Waals surface area contributed by atoms with Gasteiger partial charge < -0.3 is 24.6 Å². The number of piperidine rings is 1. The number of hydrogen-bond donors (Lipinski definition) is 2. The number of carbonyl (C=O) groups excluding carboxylic acids is 1. The zero-order chi connectivity index (χ0) is 27.1. The Balaban J connectivity index is 1.34. The lowest BCUT2D eigenvalue weighted by Crippen LogP contribution is -2.44. The first kappa shape index (κ1) is 27.7. The summed E-state index contributed by atoms with van der Waals surface area (Å²) in [5.74, 6) is -0.284. The van der Waals surface area contributed by atoms with Crippen LogP contribution < -0.4 is 9.47 Å². The predicted octanol–water partition coefficient (Wildman–Crippen LogP) is 4.57. The smallest absolute Gasteiger partial charge is 0.188 e. The maximum atomic E-state index is 13.6. The minimum atomic E-state index is -1.35. The summed E-state index contributed by atoms with van der Waals surface area (Å²) in [6.45, 7) is 2.25. The zero-order valence-electron chi connectivity index (χ0n) is 21.4. The number of ether oxygens (including phenoxy) is 2. The van der Waals surface area contributed by atoms with Gasteiger partial charge in [0.1, 0.15) is 23.8 Å². The van der Waals surface area contributed by atoms with E-state index in [2.05, 4.69) is 4.90 Å². The number of aliphatic hydroxyl groups excluding tert-OH is 1. The van der Waals surface area contributed by atoms with E-state index in [4.69, 9.17) is 14.6 Å². The zero-order valence-corrected chi connectivity index (χ0v) is 21.4.